The Bertz CT molecular complexity index is 431. The van der Waals surface area contributed by atoms with E-state index in [0.717, 1.165) is 6.07 Å². The van der Waals surface area contributed by atoms with Gasteiger partial charge in [-0.2, -0.15) is 13.2 Å². The molecular formula is C13H17F4NO. The second kappa shape index (κ2) is 5.88. The number of alkyl halides is 3. The van der Waals surface area contributed by atoms with Crippen LogP contribution in [0.3, 0.4) is 0 Å². The highest BCUT2D eigenvalue weighted by molar-refractivity contribution is 5.30. The van der Waals surface area contributed by atoms with Crippen molar-refractivity contribution in [1.29, 1.82) is 0 Å². The molecular weight excluding hydrogens is 262 g/mol. The first-order valence-corrected chi connectivity index (χ1v) is 5.93. The van der Waals surface area contributed by atoms with Crippen LogP contribution in [-0.4, -0.2) is 11.2 Å². The molecule has 1 rings (SSSR count). The number of aliphatic hydroxyl groups excluding tert-OH is 1. The Labute approximate surface area is 109 Å². The van der Waals surface area contributed by atoms with Gasteiger partial charge in [0.05, 0.1) is 17.7 Å². The van der Waals surface area contributed by atoms with E-state index in [4.69, 9.17) is 5.73 Å². The van der Waals surface area contributed by atoms with Crippen LogP contribution in [0.15, 0.2) is 18.2 Å². The highest BCUT2D eigenvalue weighted by Crippen LogP contribution is 2.32. The summed E-state index contributed by atoms with van der Waals surface area (Å²) >= 11 is 0. The van der Waals surface area contributed by atoms with Crippen LogP contribution in [-0.2, 0) is 6.18 Å². The lowest BCUT2D eigenvalue weighted by atomic mass is 9.94. The Morgan fingerprint density at radius 2 is 1.84 bits per heavy atom. The molecule has 2 nitrogen and oxygen atoms in total. The van der Waals surface area contributed by atoms with Crippen molar-refractivity contribution in [3.05, 3.63) is 35.1 Å². The minimum Gasteiger partial charge on any atom is -0.391 e. The fourth-order valence-electron chi connectivity index (χ4n) is 1.81. The first-order valence-electron chi connectivity index (χ1n) is 5.93. The molecule has 3 N–H and O–H groups in total. The molecule has 0 heterocycles. The Morgan fingerprint density at radius 3 is 2.32 bits per heavy atom. The zero-order valence-electron chi connectivity index (χ0n) is 10.7. The van der Waals surface area contributed by atoms with Crippen molar-refractivity contribution in [2.75, 3.05) is 0 Å². The Kier molecular flexibility index (Phi) is 4.92. The van der Waals surface area contributed by atoms with Crippen molar-refractivity contribution in [3.8, 4) is 0 Å². The molecule has 6 heteroatoms. The van der Waals surface area contributed by atoms with E-state index in [9.17, 15) is 22.7 Å². The zero-order valence-corrected chi connectivity index (χ0v) is 10.7. The molecule has 108 valence electrons. The molecule has 0 aliphatic heterocycles. The zero-order chi connectivity index (χ0) is 14.8. The highest BCUT2D eigenvalue weighted by atomic mass is 19.4. The third-order valence-corrected chi connectivity index (χ3v) is 2.81. The molecule has 0 aromatic heterocycles. The van der Waals surface area contributed by atoms with Crippen LogP contribution in [0.25, 0.3) is 0 Å². The van der Waals surface area contributed by atoms with Crippen molar-refractivity contribution >= 4 is 0 Å². The normalized spacial score (nSPS) is 15.6. The third kappa shape index (κ3) is 4.18. The SMILES string of the molecule is CC(C)C[C@H](O)[C@H](N)c1cc(C(F)(F)F)ccc1F. The lowest BCUT2D eigenvalue weighted by Crippen LogP contribution is -2.28. The van der Waals surface area contributed by atoms with E-state index in [-0.39, 0.29) is 17.9 Å². The molecule has 0 aliphatic rings. The van der Waals surface area contributed by atoms with Crippen molar-refractivity contribution in [2.45, 2.75) is 38.6 Å². The second-order valence-corrected chi connectivity index (χ2v) is 4.96. The van der Waals surface area contributed by atoms with Crippen LogP contribution < -0.4 is 5.73 Å². The average Bonchev–Trinajstić information content (AvgIpc) is 2.26. The van der Waals surface area contributed by atoms with Crippen LogP contribution in [0.4, 0.5) is 17.6 Å². The molecule has 0 bridgehead atoms. The molecule has 0 unspecified atom stereocenters. The van der Waals surface area contributed by atoms with Gasteiger partial charge in [0, 0.05) is 5.56 Å². The highest BCUT2D eigenvalue weighted by Gasteiger charge is 2.32. The monoisotopic (exact) mass is 279 g/mol. The third-order valence-electron chi connectivity index (χ3n) is 2.81. The fourth-order valence-corrected chi connectivity index (χ4v) is 1.81. The molecule has 0 amide bonds. The summed E-state index contributed by atoms with van der Waals surface area (Å²) in [5.41, 5.74) is 4.35. The molecule has 0 saturated heterocycles. The van der Waals surface area contributed by atoms with Gasteiger partial charge in [0.25, 0.3) is 0 Å². The number of aliphatic hydroxyl groups is 1. The maximum atomic E-state index is 13.5. The van der Waals surface area contributed by atoms with E-state index in [1.54, 1.807) is 0 Å². The molecule has 0 spiro atoms. The van der Waals surface area contributed by atoms with E-state index in [2.05, 4.69) is 0 Å². The van der Waals surface area contributed by atoms with Gasteiger partial charge >= 0.3 is 6.18 Å². The molecule has 0 aliphatic carbocycles. The maximum Gasteiger partial charge on any atom is 0.416 e. The van der Waals surface area contributed by atoms with E-state index >= 15 is 0 Å². The Morgan fingerprint density at radius 1 is 1.26 bits per heavy atom. The van der Waals surface area contributed by atoms with Crippen molar-refractivity contribution < 1.29 is 22.7 Å². The Balaban J connectivity index is 3.05. The fraction of sp³-hybridized carbons (Fsp3) is 0.538. The van der Waals surface area contributed by atoms with Crippen LogP contribution >= 0.6 is 0 Å². The quantitative estimate of drug-likeness (QED) is 0.831. The van der Waals surface area contributed by atoms with Gasteiger partial charge in [-0.25, -0.2) is 4.39 Å². The number of hydrogen-bond acceptors (Lipinski definition) is 2. The van der Waals surface area contributed by atoms with Gasteiger partial charge in [-0.3, -0.25) is 0 Å². The number of benzene rings is 1. The molecule has 0 fully saturated rings. The van der Waals surface area contributed by atoms with Gasteiger partial charge in [-0.15, -0.1) is 0 Å². The molecule has 2 atom stereocenters. The van der Waals surface area contributed by atoms with Gasteiger partial charge in [0.2, 0.25) is 0 Å². The van der Waals surface area contributed by atoms with E-state index < -0.39 is 29.7 Å². The van der Waals surface area contributed by atoms with Gasteiger partial charge in [-0.1, -0.05) is 13.8 Å². The van der Waals surface area contributed by atoms with Gasteiger partial charge in [-0.05, 0) is 30.5 Å². The van der Waals surface area contributed by atoms with Gasteiger partial charge in [0.15, 0.2) is 0 Å². The minimum atomic E-state index is -4.56. The molecule has 1 aromatic rings. The van der Waals surface area contributed by atoms with Crippen LogP contribution in [0.1, 0.15) is 37.4 Å². The second-order valence-electron chi connectivity index (χ2n) is 4.96. The van der Waals surface area contributed by atoms with Crippen LogP contribution in [0, 0.1) is 11.7 Å². The standard InChI is InChI=1S/C13H17F4NO/c1-7(2)5-11(19)12(18)9-6-8(13(15,16)17)3-4-10(9)14/h3-4,6-7,11-12,19H,5,18H2,1-2H3/t11-,12+/m0/s1. The summed E-state index contributed by atoms with van der Waals surface area (Å²) in [5.74, 6) is -0.738. The van der Waals surface area contributed by atoms with Crippen LogP contribution in [0.2, 0.25) is 0 Å². The number of hydrogen-bond donors (Lipinski definition) is 2. The summed E-state index contributed by atoms with van der Waals surface area (Å²) in [6, 6.07) is 0.856. The summed E-state index contributed by atoms with van der Waals surface area (Å²) < 4.78 is 51.2. The van der Waals surface area contributed by atoms with Crippen molar-refractivity contribution in [1.82, 2.24) is 0 Å². The first-order chi connectivity index (χ1) is 8.62. The smallest absolute Gasteiger partial charge is 0.391 e. The molecule has 0 radical (unpaired) electrons. The Hall–Kier alpha value is -1.14. The minimum absolute atomic E-state index is 0.106. The lowest BCUT2D eigenvalue weighted by molar-refractivity contribution is -0.137. The molecule has 0 saturated carbocycles. The topological polar surface area (TPSA) is 46.2 Å². The van der Waals surface area contributed by atoms with E-state index in [1.807, 2.05) is 13.8 Å². The van der Waals surface area contributed by atoms with Crippen LogP contribution in [0.5, 0.6) is 0 Å². The summed E-state index contributed by atoms with van der Waals surface area (Å²) in [6.07, 6.45) is -5.36. The largest absolute Gasteiger partial charge is 0.416 e. The van der Waals surface area contributed by atoms with Crippen molar-refractivity contribution in [3.63, 3.8) is 0 Å². The number of rotatable bonds is 4. The number of nitrogens with two attached hydrogens (primary N) is 1. The summed E-state index contributed by atoms with van der Waals surface area (Å²) in [6.45, 7) is 3.66. The lowest BCUT2D eigenvalue weighted by Gasteiger charge is -2.22. The summed E-state index contributed by atoms with van der Waals surface area (Å²) in [5, 5.41) is 9.79. The summed E-state index contributed by atoms with van der Waals surface area (Å²) in [4.78, 5) is 0. The average molecular weight is 279 g/mol. The van der Waals surface area contributed by atoms with Gasteiger partial charge < -0.3 is 10.8 Å². The molecule has 19 heavy (non-hydrogen) atoms. The summed E-state index contributed by atoms with van der Waals surface area (Å²) in [7, 11) is 0. The first kappa shape index (κ1) is 15.9. The number of halogens is 4. The maximum absolute atomic E-state index is 13.5. The van der Waals surface area contributed by atoms with Crippen molar-refractivity contribution in [2.24, 2.45) is 11.7 Å². The van der Waals surface area contributed by atoms with E-state index in [0.29, 0.717) is 12.1 Å². The molecule has 1 aromatic carbocycles. The predicted molar refractivity (Wildman–Crippen MR) is 63.8 cm³/mol. The predicted octanol–water partition coefficient (Wildman–Crippen LogP) is 3.25. The van der Waals surface area contributed by atoms with Gasteiger partial charge in [0.1, 0.15) is 5.82 Å². The van der Waals surface area contributed by atoms with E-state index in [1.165, 1.54) is 0 Å².